The number of allylic oxidation sites excluding steroid dienone is 4. The van der Waals surface area contributed by atoms with Crippen LogP contribution in [0.5, 0.6) is 0 Å². The van der Waals surface area contributed by atoms with E-state index in [-0.39, 0.29) is 0 Å². The highest BCUT2D eigenvalue weighted by Crippen LogP contribution is 2.40. The highest BCUT2D eigenvalue weighted by atomic mass is 16.7. The monoisotopic (exact) mass is 672 g/mol. The number of aromatic nitrogens is 2. The molecule has 0 unspecified atom stereocenters. The van der Waals surface area contributed by atoms with E-state index in [4.69, 9.17) is 9.31 Å². The van der Waals surface area contributed by atoms with Crippen LogP contribution in [0, 0.1) is 0 Å². The van der Waals surface area contributed by atoms with Gasteiger partial charge in [0.1, 0.15) is 0 Å². The van der Waals surface area contributed by atoms with E-state index in [0.717, 1.165) is 18.3 Å². The Kier molecular flexibility index (Phi) is 9.30. The maximum absolute atomic E-state index is 6.48. The molecule has 1 fully saturated rings. The van der Waals surface area contributed by atoms with Crippen molar-refractivity contribution >= 4 is 61.9 Å². The summed E-state index contributed by atoms with van der Waals surface area (Å²) in [7, 11) is -0.413. The van der Waals surface area contributed by atoms with Crippen LogP contribution in [0.1, 0.15) is 68.2 Å². The first-order valence-electron chi connectivity index (χ1n) is 18.7. The largest absolute Gasteiger partial charge is 0.494 e. The van der Waals surface area contributed by atoms with Gasteiger partial charge >= 0.3 is 7.12 Å². The van der Waals surface area contributed by atoms with Crippen LogP contribution in [-0.4, -0.2) is 27.5 Å². The number of para-hydroxylation sites is 2. The van der Waals surface area contributed by atoms with Crippen LogP contribution < -0.4 is 5.46 Å². The molecule has 0 spiro atoms. The van der Waals surface area contributed by atoms with Gasteiger partial charge in [0.15, 0.2) is 0 Å². The van der Waals surface area contributed by atoms with Crippen molar-refractivity contribution in [3.63, 3.8) is 0 Å². The quantitative estimate of drug-likeness (QED) is 0.174. The first-order valence-corrected chi connectivity index (χ1v) is 18.7. The minimum absolute atomic E-state index is 0.395. The summed E-state index contributed by atoms with van der Waals surface area (Å²) in [6, 6.07) is 39.9. The lowest BCUT2D eigenvalue weighted by Gasteiger charge is -2.32. The van der Waals surface area contributed by atoms with Crippen molar-refractivity contribution in [1.82, 2.24) is 9.13 Å². The zero-order valence-corrected chi connectivity index (χ0v) is 31.3. The van der Waals surface area contributed by atoms with Crippen LogP contribution in [0.25, 0.3) is 66.1 Å². The number of nitrogens with zero attached hydrogens (tertiary/aromatic N) is 2. The van der Waals surface area contributed by atoms with E-state index < -0.39 is 18.3 Å². The third-order valence-corrected chi connectivity index (χ3v) is 10.6. The van der Waals surface area contributed by atoms with Gasteiger partial charge < -0.3 is 18.4 Å². The van der Waals surface area contributed by atoms with Gasteiger partial charge in [-0.25, -0.2) is 0 Å². The van der Waals surface area contributed by atoms with Crippen LogP contribution in [0.4, 0.5) is 0 Å². The minimum atomic E-state index is -0.413. The Hall–Kier alpha value is -4.84. The van der Waals surface area contributed by atoms with Gasteiger partial charge in [0, 0.05) is 32.9 Å². The van der Waals surface area contributed by atoms with Crippen LogP contribution >= 0.6 is 0 Å². The van der Waals surface area contributed by atoms with Gasteiger partial charge in [-0.2, -0.15) is 0 Å². The Morgan fingerprint density at radius 1 is 0.529 bits per heavy atom. The van der Waals surface area contributed by atoms with Crippen molar-refractivity contribution in [2.45, 2.75) is 79.4 Å². The standard InChI is InChI=1S/C42H37BN2O2.2C2H6/c1-41(2)42(3,4)47-43(46-41)30-21-24-40-36(27-30)35-26-29(20-23-39(35)45(40)32-15-9-6-10-16-32)28-19-22-38-34(25-28)33-17-11-12-18-37(33)44(38)31-13-7-5-8-14-31;2*1-2/h5,7-9,11-27H,6,10H2,1-4H3;2*1-2H3. The third-order valence-electron chi connectivity index (χ3n) is 10.6. The van der Waals surface area contributed by atoms with Crippen molar-refractivity contribution in [3.05, 3.63) is 127 Å². The van der Waals surface area contributed by atoms with E-state index in [1.165, 1.54) is 66.1 Å². The third kappa shape index (κ3) is 5.83. The van der Waals surface area contributed by atoms with E-state index >= 15 is 0 Å². The molecule has 1 saturated heterocycles. The molecule has 2 aliphatic rings. The maximum atomic E-state index is 6.48. The van der Waals surface area contributed by atoms with Crippen molar-refractivity contribution in [3.8, 4) is 16.8 Å². The molecular formula is C46H49BN2O2. The molecule has 5 aromatic carbocycles. The first-order chi connectivity index (χ1) is 24.8. The van der Waals surface area contributed by atoms with Gasteiger partial charge in [0.25, 0.3) is 0 Å². The predicted molar refractivity (Wildman–Crippen MR) is 220 cm³/mol. The lowest BCUT2D eigenvalue weighted by Crippen LogP contribution is -2.41. The Morgan fingerprint density at radius 3 is 1.69 bits per heavy atom. The molecule has 3 heterocycles. The Labute approximate surface area is 303 Å². The Bertz CT molecular complexity index is 2410. The smallest absolute Gasteiger partial charge is 0.399 e. The van der Waals surface area contributed by atoms with Crippen LogP contribution in [0.3, 0.4) is 0 Å². The Morgan fingerprint density at radius 2 is 1.06 bits per heavy atom. The summed E-state index contributed by atoms with van der Waals surface area (Å²) >= 11 is 0. The van der Waals surface area contributed by atoms with Gasteiger partial charge in [0.05, 0.1) is 33.3 Å². The summed E-state index contributed by atoms with van der Waals surface area (Å²) in [6.45, 7) is 16.4. The zero-order chi connectivity index (χ0) is 35.9. The first kappa shape index (κ1) is 34.6. The lowest BCUT2D eigenvalue weighted by molar-refractivity contribution is 0.00578. The van der Waals surface area contributed by atoms with E-state index in [0.29, 0.717) is 0 Å². The highest BCUT2D eigenvalue weighted by molar-refractivity contribution is 6.62. The maximum Gasteiger partial charge on any atom is 0.494 e. The number of hydrogen-bond acceptors (Lipinski definition) is 2. The topological polar surface area (TPSA) is 28.3 Å². The number of hydrogen-bond donors (Lipinski definition) is 0. The summed E-state index contributed by atoms with van der Waals surface area (Å²) in [5.41, 5.74) is 9.87. The second-order valence-electron chi connectivity index (χ2n) is 14.0. The summed E-state index contributed by atoms with van der Waals surface area (Å²) in [5.74, 6) is 0. The van der Waals surface area contributed by atoms with Crippen LogP contribution in [0.15, 0.2) is 127 Å². The molecule has 0 atom stereocenters. The molecule has 51 heavy (non-hydrogen) atoms. The summed E-state index contributed by atoms with van der Waals surface area (Å²) in [6.07, 6.45) is 9.02. The second kappa shape index (κ2) is 13.7. The lowest BCUT2D eigenvalue weighted by atomic mass is 9.78. The second-order valence-corrected chi connectivity index (χ2v) is 14.0. The van der Waals surface area contributed by atoms with Gasteiger partial charge in [-0.05, 0) is 112 Å². The SMILES string of the molecule is CC.CC.CC1(C)OB(c2ccc3c(c2)c2cc(-c4ccc5c(c4)c4ccccc4n5-c4ccccc4)ccc2n3C2=CCCC=C2)OC1(C)C. The molecule has 0 amide bonds. The van der Waals surface area contributed by atoms with Crippen molar-refractivity contribution in [2.24, 2.45) is 0 Å². The van der Waals surface area contributed by atoms with Gasteiger partial charge in [-0.1, -0.05) is 101 Å². The van der Waals surface area contributed by atoms with Gasteiger partial charge in [-0.15, -0.1) is 0 Å². The van der Waals surface area contributed by atoms with Gasteiger partial charge in [-0.3, -0.25) is 0 Å². The summed E-state index contributed by atoms with van der Waals surface area (Å²) in [4.78, 5) is 0. The molecule has 0 saturated carbocycles. The predicted octanol–water partition coefficient (Wildman–Crippen LogP) is 12.1. The molecule has 7 aromatic rings. The average Bonchev–Trinajstić information content (AvgIpc) is 3.76. The van der Waals surface area contributed by atoms with E-state index in [9.17, 15) is 0 Å². The Balaban J connectivity index is 0.000000983. The van der Waals surface area contributed by atoms with Crippen molar-refractivity contribution in [2.75, 3.05) is 0 Å². The molecule has 1 aliphatic heterocycles. The molecule has 258 valence electrons. The number of rotatable bonds is 4. The fourth-order valence-electron chi connectivity index (χ4n) is 7.40. The molecule has 0 N–H and O–H groups in total. The summed E-state index contributed by atoms with van der Waals surface area (Å²) < 4.78 is 17.7. The van der Waals surface area contributed by atoms with E-state index in [1.54, 1.807) is 0 Å². The highest BCUT2D eigenvalue weighted by Gasteiger charge is 2.51. The number of benzene rings is 5. The molecule has 9 rings (SSSR count). The van der Waals surface area contributed by atoms with Crippen molar-refractivity contribution in [1.29, 1.82) is 0 Å². The molecule has 4 nitrogen and oxygen atoms in total. The molecule has 5 heteroatoms. The molecule has 2 aromatic heterocycles. The average molecular weight is 673 g/mol. The van der Waals surface area contributed by atoms with E-state index in [1.807, 2.05) is 27.7 Å². The molecular weight excluding hydrogens is 623 g/mol. The van der Waals surface area contributed by atoms with Crippen LogP contribution in [-0.2, 0) is 9.31 Å². The number of fused-ring (bicyclic) bond motifs is 6. The molecule has 0 bridgehead atoms. The molecule has 0 radical (unpaired) electrons. The van der Waals surface area contributed by atoms with E-state index in [2.05, 4.69) is 164 Å². The van der Waals surface area contributed by atoms with Crippen LogP contribution in [0.2, 0.25) is 0 Å². The zero-order valence-electron chi connectivity index (χ0n) is 31.3. The minimum Gasteiger partial charge on any atom is -0.399 e. The normalized spacial score (nSPS) is 16.2. The molecule has 1 aliphatic carbocycles. The fraction of sp³-hybridized carbons (Fsp3) is 0.261. The fourth-order valence-corrected chi connectivity index (χ4v) is 7.40. The van der Waals surface area contributed by atoms with Gasteiger partial charge in [0.2, 0.25) is 0 Å². The van der Waals surface area contributed by atoms with Crippen molar-refractivity contribution < 1.29 is 9.31 Å². The summed E-state index contributed by atoms with van der Waals surface area (Å²) in [5, 5.41) is 4.94.